The monoisotopic (exact) mass is 912 g/mol. The fraction of sp³-hybridized carbons (Fsp3) is 0. The molecule has 10 rings (SSSR count). The first kappa shape index (κ1) is 42.9. The van der Waals surface area contributed by atoms with E-state index in [4.69, 9.17) is 0 Å². The van der Waals surface area contributed by atoms with Gasteiger partial charge in [-0.1, -0.05) is 182 Å². The molecule has 296 valence electrons. The third-order valence-electron chi connectivity index (χ3n) is 10.4. The van der Waals surface area contributed by atoms with E-state index in [0.717, 1.165) is 21.5 Å². The van der Waals surface area contributed by atoms with Crippen molar-refractivity contribution in [1.29, 1.82) is 0 Å². The molecule has 0 fully saturated rings. The van der Waals surface area contributed by atoms with E-state index in [9.17, 15) is 10.2 Å². The van der Waals surface area contributed by atoms with E-state index in [1.165, 1.54) is 31.8 Å². The Morgan fingerprint density at radius 2 is 0.443 bits per heavy atom. The number of rotatable bonds is 7. The van der Waals surface area contributed by atoms with Crippen LogP contribution in [0, 0.1) is 0 Å². The van der Waals surface area contributed by atoms with Crippen molar-refractivity contribution in [3.63, 3.8) is 0 Å². The minimum atomic E-state index is -0.877. The molecule has 0 aromatic heterocycles. The van der Waals surface area contributed by atoms with Gasteiger partial charge in [-0.3, -0.25) is 0 Å². The summed E-state index contributed by atoms with van der Waals surface area (Å²) < 4.78 is 0. The van der Waals surface area contributed by atoms with Gasteiger partial charge < -0.3 is 10.2 Å². The third kappa shape index (κ3) is 10.4. The van der Waals surface area contributed by atoms with Gasteiger partial charge in [0.2, 0.25) is 0 Å². The van der Waals surface area contributed by atoms with E-state index in [-0.39, 0.29) is 31.0 Å². The van der Waals surface area contributed by atoms with Crippen LogP contribution in [-0.2, 0) is 19.5 Å². The Hall–Kier alpha value is -6.20. The van der Waals surface area contributed by atoms with Gasteiger partial charge in [-0.15, -0.1) is 11.5 Å². The first-order chi connectivity index (χ1) is 29.7. The van der Waals surface area contributed by atoms with Gasteiger partial charge in [0.05, 0.1) is 15.8 Å². The number of benzene rings is 10. The van der Waals surface area contributed by atoms with Gasteiger partial charge >= 0.3 is 19.5 Å². The minimum absolute atomic E-state index is 0. The summed E-state index contributed by atoms with van der Waals surface area (Å²) in [6.07, 6.45) is 0. The number of fused-ring (bicyclic) bond motifs is 2. The van der Waals surface area contributed by atoms with Crippen LogP contribution >= 0.6 is 15.8 Å². The predicted octanol–water partition coefficient (Wildman–Crippen LogP) is 10.2. The smallest absolute Gasteiger partial charge is 0.872 e. The van der Waals surface area contributed by atoms with Gasteiger partial charge in [0.1, 0.15) is 31.8 Å². The van der Waals surface area contributed by atoms with Crippen LogP contribution in [0.2, 0.25) is 0 Å². The molecule has 0 heterocycles. The zero-order valence-corrected chi connectivity index (χ0v) is 37.2. The Morgan fingerprint density at radius 1 is 0.230 bits per heavy atom. The molecule has 5 heteroatoms. The van der Waals surface area contributed by atoms with Crippen molar-refractivity contribution in [1.82, 2.24) is 0 Å². The fourth-order valence-electron chi connectivity index (χ4n) is 7.65. The molecule has 0 amide bonds. The summed E-state index contributed by atoms with van der Waals surface area (Å²) in [5.41, 5.74) is 1.000. The molecule has 0 saturated heterocycles. The van der Waals surface area contributed by atoms with Crippen LogP contribution in [0.1, 0.15) is 0 Å². The molecule has 0 bridgehead atoms. The van der Waals surface area contributed by atoms with Crippen molar-refractivity contribution in [2.75, 3.05) is 0 Å². The van der Waals surface area contributed by atoms with Crippen LogP contribution in [0.25, 0.3) is 32.7 Å². The first-order valence-corrected chi connectivity index (χ1v) is 23.1. The maximum absolute atomic E-state index is 12.5. The molecule has 10 aromatic carbocycles. The zero-order chi connectivity index (χ0) is 40.9. The van der Waals surface area contributed by atoms with Crippen molar-refractivity contribution in [3.05, 3.63) is 255 Å². The SMILES string of the molecule is [O-]c1ccc2ccccc2c1-c1c([O-])ccc2ccccc12.[Ru+2].c1ccc([PH+](c2ccccc2)c2ccccc2)cc1.c1ccc([PH+](c2ccccc2)c2ccccc2)cc1. The summed E-state index contributed by atoms with van der Waals surface area (Å²) in [7, 11) is -1.75. The Kier molecular flexibility index (Phi) is 15.0. The van der Waals surface area contributed by atoms with E-state index in [1.807, 2.05) is 48.5 Å². The molecule has 0 aliphatic carbocycles. The Morgan fingerprint density at radius 3 is 0.689 bits per heavy atom. The van der Waals surface area contributed by atoms with Crippen molar-refractivity contribution >= 4 is 69.2 Å². The molecule has 10 aromatic rings. The third-order valence-corrected chi connectivity index (χ3v) is 15.9. The zero-order valence-electron chi connectivity index (χ0n) is 33.4. The number of hydrogen-bond donors (Lipinski definition) is 0. The molecule has 61 heavy (non-hydrogen) atoms. The van der Waals surface area contributed by atoms with Crippen LogP contribution in [0.15, 0.2) is 255 Å². The molecule has 2 nitrogen and oxygen atoms in total. The topological polar surface area (TPSA) is 46.1 Å². The maximum Gasteiger partial charge on any atom is 2.00 e. The fourth-order valence-corrected chi connectivity index (χ4v) is 12.8. The Labute approximate surface area is 374 Å². The van der Waals surface area contributed by atoms with Gasteiger partial charge in [0.15, 0.2) is 0 Å². The second kappa shape index (κ2) is 21.4. The summed E-state index contributed by atoms with van der Waals surface area (Å²) >= 11 is 0. The van der Waals surface area contributed by atoms with Crippen LogP contribution in [0.5, 0.6) is 11.5 Å². The predicted molar refractivity (Wildman–Crippen MR) is 259 cm³/mol. The second-order valence-electron chi connectivity index (χ2n) is 14.3. The van der Waals surface area contributed by atoms with Crippen molar-refractivity contribution in [3.8, 4) is 22.6 Å². The quantitative estimate of drug-likeness (QED) is 0.118. The second-order valence-corrected chi connectivity index (χ2v) is 19.2. The van der Waals surface area contributed by atoms with Crippen molar-refractivity contribution < 1.29 is 29.7 Å². The first-order valence-electron chi connectivity index (χ1n) is 20.1. The van der Waals surface area contributed by atoms with Crippen molar-refractivity contribution in [2.24, 2.45) is 0 Å². The molecule has 0 saturated carbocycles. The Balaban J connectivity index is 0.000000137. The maximum atomic E-state index is 12.5. The molecular weight excluding hydrogens is 868 g/mol. The molecule has 0 spiro atoms. The van der Waals surface area contributed by atoms with E-state index in [2.05, 4.69) is 182 Å². The minimum Gasteiger partial charge on any atom is -0.872 e. The van der Waals surface area contributed by atoms with Crippen LogP contribution < -0.4 is 42.0 Å². The number of hydrogen-bond acceptors (Lipinski definition) is 2. The molecule has 0 aliphatic rings. The van der Waals surface area contributed by atoms with Crippen molar-refractivity contribution in [2.45, 2.75) is 0 Å². The van der Waals surface area contributed by atoms with Gasteiger partial charge in [-0.05, 0) is 105 Å². The Bertz CT molecular complexity index is 2490. The molecule has 0 radical (unpaired) electrons. The molecular formula is C56H44O2P2Ru+2. The molecule has 0 N–H and O–H groups in total. The van der Waals surface area contributed by atoms with Crippen LogP contribution in [0.4, 0.5) is 0 Å². The largest absolute Gasteiger partial charge is 2.00 e. The van der Waals surface area contributed by atoms with Gasteiger partial charge in [0, 0.05) is 0 Å². The molecule has 0 unspecified atom stereocenters. The normalized spacial score (nSPS) is 10.6. The van der Waals surface area contributed by atoms with E-state index in [1.54, 1.807) is 24.3 Å². The van der Waals surface area contributed by atoms with Gasteiger partial charge in [-0.2, -0.15) is 0 Å². The average molecular weight is 912 g/mol. The molecule has 0 atom stereocenters. The van der Waals surface area contributed by atoms with E-state index < -0.39 is 15.8 Å². The molecule has 0 aliphatic heterocycles. The summed E-state index contributed by atoms with van der Waals surface area (Å²) in [6.45, 7) is 0. The van der Waals surface area contributed by atoms with E-state index in [0.29, 0.717) is 11.1 Å². The summed E-state index contributed by atoms with van der Waals surface area (Å²) in [5.74, 6) is -0.237. The van der Waals surface area contributed by atoms with E-state index >= 15 is 0 Å². The summed E-state index contributed by atoms with van der Waals surface area (Å²) in [4.78, 5) is 0. The standard InChI is InChI=1S/C20H14O2.2C18H15P.Ru/c21-17-11-9-13-5-1-3-7-15(13)19(17)20-16-8-4-2-6-14(16)10-12-18(20)22;2*1-4-10-16(11-5-1)19(17-12-6-2-7-13-17)18-14-8-3-9-15-18;/h1-12,21-22H;2*1-15H;/q;;;+2. The summed E-state index contributed by atoms with van der Waals surface area (Å²) in [6, 6.07) is 87.0. The van der Waals surface area contributed by atoms with Crippen LogP contribution in [0.3, 0.4) is 0 Å². The van der Waals surface area contributed by atoms with Gasteiger partial charge in [-0.25, -0.2) is 0 Å². The van der Waals surface area contributed by atoms with Crippen LogP contribution in [-0.4, -0.2) is 0 Å². The summed E-state index contributed by atoms with van der Waals surface area (Å²) in [5, 5.41) is 37.2. The average Bonchev–Trinajstić information content (AvgIpc) is 3.32. The van der Waals surface area contributed by atoms with Gasteiger partial charge in [0.25, 0.3) is 0 Å².